The zero-order valence-corrected chi connectivity index (χ0v) is 12.9. The van der Waals surface area contributed by atoms with Gasteiger partial charge in [-0.25, -0.2) is 0 Å². The van der Waals surface area contributed by atoms with Crippen molar-refractivity contribution < 1.29 is 4.79 Å². The van der Waals surface area contributed by atoms with Crippen LogP contribution in [-0.2, 0) is 0 Å². The molecular formula is C14H21BrN2O. The van der Waals surface area contributed by atoms with Crippen molar-refractivity contribution in [3.63, 3.8) is 0 Å². The summed E-state index contributed by atoms with van der Waals surface area (Å²) in [6.07, 6.45) is 4.42. The van der Waals surface area contributed by atoms with Crippen molar-refractivity contribution in [2.24, 2.45) is 5.92 Å². The zero-order chi connectivity index (χ0) is 13.3. The molecule has 100 valence electrons. The quantitative estimate of drug-likeness (QED) is 0.813. The van der Waals surface area contributed by atoms with Gasteiger partial charge in [-0.3, -0.25) is 4.79 Å². The molecule has 1 aliphatic carbocycles. The van der Waals surface area contributed by atoms with Crippen LogP contribution in [0.2, 0.25) is 0 Å². The maximum Gasteiger partial charge on any atom is 0.270 e. The summed E-state index contributed by atoms with van der Waals surface area (Å²) in [5, 5.41) is 0. The first-order valence-corrected chi connectivity index (χ1v) is 7.48. The van der Waals surface area contributed by atoms with Gasteiger partial charge in [0, 0.05) is 29.8 Å². The first kappa shape index (κ1) is 13.7. The minimum absolute atomic E-state index is 0.156. The molecule has 1 aromatic rings. The molecule has 0 aromatic carbocycles. The van der Waals surface area contributed by atoms with Crippen molar-refractivity contribution in [2.45, 2.75) is 39.7 Å². The lowest BCUT2D eigenvalue weighted by atomic mass is 10.2. The maximum atomic E-state index is 12.6. The van der Waals surface area contributed by atoms with Gasteiger partial charge in [-0.15, -0.1) is 0 Å². The van der Waals surface area contributed by atoms with Gasteiger partial charge in [0.2, 0.25) is 0 Å². The maximum absolute atomic E-state index is 12.6. The Kier molecular flexibility index (Phi) is 4.15. The summed E-state index contributed by atoms with van der Waals surface area (Å²) in [5.74, 6) is 0.658. The van der Waals surface area contributed by atoms with Crippen molar-refractivity contribution in [3.05, 3.63) is 22.4 Å². The monoisotopic (exact) mass is 312 g/mol. The molecule has 0 bridgehead atoms. The van der Waals surface area contributed by atoms with E-state index in [1.807, 2.05) is 24.1 Å². The third-order valence-corrected chi connectivity index (χ3v) is 3.66. The van der Waals surface area contributed by atoms with Gasteiger partial charge >= 0.3 is 0 Å². The van der Waals surface area contributed by atoms with Gasteiger partial charge in [-0.05, 0) is 47.7 Å². The molecule has 0 atom stereocenters. The fourth-order valence-electron chi connectivity index (χ4n) is 2.23. The van der Waals surface area contributed by atoms with E-state index in [0.717, 1.165) is 23.3 Å². The summed E-state index contributed by atoms with van der Waals surface area (Å²) < 4.78 is 3.13. The highest BCUT2D eigenvalue weighted by atomic mass is 79.9. The van der Waals surface area contributed by atoms with E-state index < -0.39 is 0 Å². The molecule has 1 aromatic heterocycles. The van der Waals surface area contributed by atoms with Crippen LogP contribution in [0.5, 0.6) is 0 Å². The van der Waals surface area contributed by atoms with E-state index >= 15 is 0 Å². The number of hydrogen-bond donors (Lipinski definition) is 0. The van der Waals surface area contributed by atoms with Gasteiger partial charge in [-0.2, -0.15) is 0 Å². The van der Waals surface area contributed by atoms with Crippen LogP contribution in [0.4, 0.5) is 0 Å². The molecule has 18 heavy (non-hydrogen) atoms. The summed E-state index contributed by atoms with van der Waals surface area (Å²) >= 11 is 3.48. The van der Waals surface area contributed by atoms with E-state index in [0.29, 0.717) is 12.0 Å². The van der Waals surface area contributed by atoms with Crippen LogP contribution in [-0.4, -0.2) is 28.5 Å². The van der Waals surface area contributed by atoms with Gasteiger partial charge in [0.1, 0.15) is 5.69 Å². The highest BCUT2D eigenvalue weighted by molar-refractivity contribution is 9.10. The summed E-state index contributed by atoms with van der Waals surface area (Å²) in [4.78, 5) is 14.5. The van der Waals surface area contributed by atoms with E-state index in [9.17, 15) is 4.79 Å². The van der Waals surface area contributed by atoms with Crippen LogP contribution in [0.25, 0.3) is 0 Å². The van der Waals surface area contributed by atoms with Crippen molar-refractivity contribution >= 4 is 21.8 Å². The van der Waals surface area contributed by atoms with Gasteiger partial charge in [0.05, 0.1) is 0 Å². The summed E-state index contributed by atoms with van der Waals surface area (Å²) in [6.45, 7) is 7.92. The Balaban J connectivity index is 2.21. The average molecular weight is 313 g/mol. The number of carbonyl (C=O) groups is 1. The van der Waals surface area contributed by atoms with Crippen LogP contribution in [0.3, 0.4) is 0 Å². The van der Waals surface area contributed by atoms with Crippen molar-refractivity contribution in [1.82, 2.24) is 9.47 Å². The van der Waals surface area contributed by atoms with Crippen molar-refractivity contribution in [2.75, 3.05) is 13.1 Å². The Morgan fingerprint density at radius 3 is 2.72 bits per heavy atom. The topological polar surface area (TPSA) is 25.2 Å². The second-order valence-corrected chi connectivity index (χ2v) is 6.34. The van der Waals surface area contributed by atoms with Gasteiger partial charge in [-0.1, -0.05) is 13.8 Å². The molecule has 1 heterocycles. The second kappa shape index (κ2) is 5.47. The molecule has 1 amide bonds. The lowest BCUT2D eigenvalue weighted by Gasteiger charge is -2.23. The smallest absolute Gasteiger partial charge is 0.270 e. The molecule has 0 saturated heterocycles. The van der Waals surface area contributed by atoms with Gasteiger partial charge < -0.3 is 9.47 Å². The second-order valence-electron chi connectivity index (χ2n) is 5.42. The molecule has 0 unspecified atom stereocenters. The highest BCUT2D eigenvalue weighted by Crippen LogP contribution is 2.37. The fraction of sp³-hybridized carbons (Fsp3) is 0.643. The zero-order valence-electron chi connectivity index (χ0n) is 11.3. The fourth-order valence-corrected chi connectivity index (χ4v) is 2.67. The largest absolute Gasteiger partial charge is 0.339 e. The minimum Gasteiger partial charge on any atom is -0.339 e. The first-order chi connectivity index (χ1) is 8.52. The third kappa shape index (κ3) is 2.97. The standard InChI is InChI=1S/C14H21BrN2O/c1-4-16(8-10(2)3)14(18)13-7-11(15)9-17(13)12-5-6-12/h7,9-10,12H,4-6,8H2,1-3H3. The Bertz CT molecular complexity index is 435. The van der Waals surface area contributed by atoms with Crippen molar-refractivity contribution in [1.29, 1.82) is 0 Å². The van der Waals surface area contributed by atoms with Crippen LogP contribution < -0.4 is 0 Å². The van der Waals surface area contributed by atoms with Crippen LogP contribution >= 0.6 is 15.9 Å². The number of rotatable bonds is 5. The van der Waals surface area contributed by atoms with Crippen LogP contribution in [0.1, 0.15) is 50.1 Å². The molecule has 0 N–H and O–H groups in total. The highest BCUT2D eigenvalue weighted by Gasteiger charge is 2.29. The van der Waals surface area contributed by atoms with Gasteiger partial charge in [0.15, 0.2) is 0 Å². The molecule has 4 heteroatoms. The number of amides is 1. The molecule has 0 spiro atoms. The first-order valence-electron chi connectivity index (χ1n) is 6.69. The summed E-state index contributed by atoms with van der Waals surface area (Å²) in [7, 11) is 0. The molecule has 2 rings (SSSR count). The minimum atomic E-state index is 0.156. The molecule has 3 nitrogen and oxygen atoms in total. The predicted octanol–water partition coefficient (Wildman–Crippen LogP) is 3.70. The Morgan fingerprint density at radius 2 is 2.22 bits per heavy atom. The molecule has 0 aliphatic heterocycles. The Labute approximate surface area is 117 Å². The number of carbonyl (C=O) groups excluding carboxylic acids is 1. The normalized spacial score (nSPS) is 15.2. The molecule has 1 saturated carbocycles. The predicted molar refractivity (Wildman–Crippen MR) is 76.8 cm³/mol. The number of hydrogen-bond acceptors (Lipinski definition) is 1. The Morgan fingerprint density at radius 1 is 1.56 bits per heavy atom. The number of aromatic nitrogens is 1. The van der Waals surface area contributed by atoms with Gasteiger partial charge in [0.25, 0.3) is 5.91 Å². The molecule has 0 radical (unpaired) electrons. The van der Waals surface area contributed by atoms with E-state index in [1.165, 1.54) is 12.8 Å². The molecule has 1 fully saturated rings. The Hall–Kier alpha value is -0.770. The van der Waals surface area contributed by atoms with E-state index in [1.54, 1.807) is 0 Å². The molecular weight excluding hydrogens is 292 g/mol. The number of halogens is 1. The SMILES string of the molecule is CCN(CC(C)C)C(=O)c1cc(Br)cn1C1CC1. The third-order valence-electron chi connectivity index (χ3n) is 3.23. The summed E-state index contributed by atoms with van der Waals surface area (Å²) in [6, 6.07) is 2.48. The van der Waals surface area contributed by atoms with Crippen LogP contribution in [0, 0.1) is 5.92 Å². The van der Waals surface area contributed by atoms with E-state index in [2.05, 4.69) is 34.3 Å². The lowest BCUT2D eigenvalue weighted by Crippen LogP contribution is -2.35. The van der Waals surface area contributed by atoms with Crippen molar-refractivity contribution in [3.8, 4) is 0 Å². The summed E-state index contributed by atoms with van der Waals surface area (Å²) in [5.41, 5.74) is 0.826. The van der Waals surface area contributed by atoms with E-state index in [-0.39, 0.29) is 5.91 Å². The number of nitrogens with zero attached hydrogens (tertiary/aromatic N) is 2. The molecule has 1 aliphatic rings. The average Bonchev–Trinajstić information content (AvgIpc) is 3.08. The van der Waals surface area contributed by atoms with E-state index in [4.69, 9.17) is 0 Å². The lowest BCUT2D eigenvalue weighted by molar-refractivity contribution is 0.0734. The van der Waals surface area contributed by atoms with Crippen LogP contribution in [0.15, 0.2) is 16.7 Å².